The van der Waals surface area contributed by atoms with Crippen molar-refractivity contribution in [3.8, 4) is 0 Å². The zero-order chi connectivity index (χ0) is 13.5. The van der Waals surface area contributed by atoms with Gasteiger partial charge in [0, 0.05) is 25.3 Å². The first-order valence-electron chi connectivity index (χ1n) is 6.68. The van der Waals surface area contributed by atoms with Crippen LogP contribution in [0.5, 0.6) is 0 Å². The quantitative estimate of drug-likeness (QED) is 0.611. The summed E-state index contributed by atoms with van der Waals surface area (Å²) in [6.45, 7) is 2.14. The second kappa shape index (κ2) is 11.1. The molecule has 1 aromatic rings. The molecule has 120 valence electrons. The van der Waals surface area contributed by atoms with Crippen LogP contribution < -0.4 is 16.2 Å². The molecule has 0 radical (unpaired) electrons. The fourth-order valence-electron chi connectivity index (χ4n) is 2.08. The van der Waals surface area contributed by atoms with Gasteiger partial charge in [0.05, 0.1) is 6.10 Å². The predicted molar refractivity (Wildman–Crippen MR) is 94.3 cm³/mol. The second-order valence-corrected chi connectivity index (χ2v) is 4.65. The predicted octanol–water partition coefficient (Wildman–Crippen LogP) is 1.98. The average Bonchev–Trinajstić information content (AvgIpc) is 2.96. The molecule has 1 atom stereocenters. The van der Waals surface area contributed by atoms with Gasteiger partial charge >= 0.3 is 0 Å². The van der Waals surface area contributed by atoms with Gasteiger partial charge in [0.2, 0.25) is 0 Å². The van der Waals surface area contributed by atoms with Gasteiger partial charge in [-0.25, -0.2) is 0 Å². The highest BCUT2D eigenvalue weighted by atomic mass is 79.9. The highest BCUT2D eigenvalue weighted by Gasteiger charge is 2.16. The van der Waals surface area contributed by atoms with Gasteiger partial charge in [-0.05, 0) is 37.6 Å². The minimum absolute atomic E-state index is 0. The molecule has 0 aromatic heterocycles. The van der Waals surface area contributed by atoms with Crippen LogP contribution in [0.1, 0.15) is 28.8 Å². The van der Waals surface area contributed by atoms with Crippen LogP contribution in [0.25, 0.3) is 0 Å². The molecule has 1 aliphatic heterocycles. The standard InChI is InChI=1S/C14H21N3O2.2BrH/c1-15-17-9-11-4-6-12(7-5-11)14(18)16-10-13-3-2-8-19-13;;/h4-7,13,15,17H,2-3,8-10H2,1H3,(H,16,18);2*1H. The molecule has 1 saturated heterocycles. The molecule has 0 spiro atoms. The molecule has 3 N–H and O–H groups in total. The number of carbonyl (C=O) groups is 1. The van der Waals surface area contributed by atoms with Gasteiger partial charge in [-0.2, -0.15) is 0 Å². The highest BCUT2D eigenvalue weighted by Crippen LogP contribution is 2.11. The van der Waals surface area contributed by atoms with Crippen LogP contribution >= 0.6 is 34.0 Å². The lowest BCUT2D eigenvalue weighted by atomic mass is 10.1. The molecule has 1 fully saturated rings. The van der Waals surface area contributed by atoms with Crippen LogP contribution in [0.15, 0.2) is 24.3 Å². The summed E-state index contributed by atoms with van der Waals surface area (Å²) < 4.78 is 5.47. The minimum atomic E-state index is -0.0383. The van der Waals surface area contributed by atoms with Gasteiger partial charge in [-0.1, -0.05) is 12.1 Å². The summed E-state index contributed by atoms with van der Waals surface area (Å²) in [5.74, 6) is -0.0383. The van der Waals surface area contributed by atoms with Crippen LogP contribution in [0, 0.1) is 0 Å². The molecule has 0 saturated carbocycles. The van der Waals surface area contributed by atoms with Crippen molar-refractivity contribution in [2.75, 3.05) is 20.2 Å². The molecule has 1 aliphatic rings. The molecule has 5 nitrogen and oxygen atoms in total. The van der Waals surface area contributed by atoms with Crippen molar-refractivity contribution in [3.63, 3.8) is 0 Å². The molecular formula is C14H23Br2N3O2. The van der Waals surface area contributed by atoms with Crippen molar-refractivity contribution >= 4 is 39.9 Å². The third kappa shape index (κ3) is 6.88. The van der Waals surface area contributed by atoms with E-state index in [1.54, 1.807) is 0 Å². The first kappa shape index (κ1) is 20.5. The summed E-state index contributed by atoms with van der Waals surface area (Å²) in [6.07, 6.45) is 2.31. The Bertz CT molecular complexity index is 409. The molecule has 0 aliphatic carbocycles. The molecule has 1 unspecified atom stereocenters. The Morgan fingerprint density at radius 3 is 2.57 bits per heavy atom. The molecule has 7 heteroatoms. The van der Waals surface area contributed by atoms with Crippen LogP contribution in [-0.2, 0) is 11.3 Å². The van der Waals surface area contributed by atoms with Gasteiger partial charge in [0.15, 0.2) is 0 Å². The molecule has 0 bridgehead atoms. The van der Waals surface area contributed by atoms with E-state index in [1.807, 2.05) is 31.3 Å². The van der Waals surface area contributed by atoms with Gasteiger partial charge < -0.3 is 10.1 Å². The average molecular weight is 425 g/mol. The summed E-state index contributed by atoms with van der Waals surface area (Å²) >= 11 is 0. The van der Waals surface area contributed by atoms with E-state index in [4.69, 9.17) is 4.74 Å². The number of ether oxygens (including phenoxy) is 1. The number of carbonyl (C=O) groups excluding carboxylic acids is 1. The van der Waals surface area contributed by atoms with Crippen molar-refractivity contribution < 1.29 is 9.53 Å². The van der Waals surface area contributed by atoms with Gasteiger partial charge in [0.1, 0.15) is 0 Å². The fraction of sp³-hybridized carbons (Fsp3) is 0.500. The molecule has 1 heterocycles. The SMILES string of the molecule is Br.Br.CNNCc1ccc(C(=O)NCC2CCCO2)cc1. The molecule has 2 rings (SSSR count). The molecular weight excluding hydrogens is 402 g/mol. The van der Waals surface area contributed by atoms with E-state index in [-0.39, 0.29) is 46.0 Å². The normalized spacial score (nSPS) is 16.7. The van der Waals surface area contributed by atoms with Crippen LogP contribution in [0.4, 0.5) is 0 Å². The third-order valence-corrected chi connectivity index (χ3v) is 3.20. The van der Waals surface area contributed by atoms with Gasteiger partial charge in [0.25, 0.3) is 5.91 Å². The fourth-order valence-corrected chi connectivity index (χ4v) is 2.08. The zero-order valence-corrected chi connectivity index (χ0v) is 15.5. The number of hydrogen-bond acceptors (Lipinski definition) is 4. The lowest BCUT2D eigenvalue weighted by Gasteiger charge is -2.11. The number of halogens is 2. The van der Waals surface area contributed by atoms with Crippen molar-refractivity contribution in [2.24, 2.45) is 0 Å². The number of nitrogens with one attached hydrogen (secondary N) is 3. The lowest BCUT2D eigenvalue weighted by molar-refractivity contribution is 0.0858. The molecule has 21 heavy (non-hydrogen) atoms. The molecule has 1 amide bonds. The minimum Gasteiger partial charge on any atom is -0.376 e. The van der Waals surface area contributed by atoms with Crippen molar-refractivity contribution in [3.05, 3.63) is 35.4 Å². The zero-order valence-electron chi connectivity index (χ0n) is 12.1. The van der Waals surface area contributed by atoms with Crippen LogP contribution in [0.2, 0.25) is 0 Å². The topological polar surface area (TPSA) is 62.4 Å². The van der Waals surface area contributed by atoms with Crippen molar-refractivity contribution in [2.45, 2.75) is 25.5 Å². The first-order valence-corrected chi connectivity index (χ1v) is 6.68. The van der Waals surface area contributed by atoms with E-state index in [0.29, 0.717) is 12.1 Å². The summed E-state index contributed by atoms with van der Waals surface area (Å²) in [6, 6.07) is 7.59. The monoisotopic (exact) mass is 423 g/mol. The van der Waals surface area contributed by atoms with Crippen LogP contribution in [0.3, 0.4) is 0 Å². The Labute approximate surface area is 146 Å². The summed E-state index contributed by atoms with van der Waals surface area (Å²) in [5.41, 5.74) is 7.69. The number of amides is 1. The second-order valence-electron chi connectivity index (χ2n) is 4.65. The van der Waals surface area contributed by atoms with E-state index >= 15 is 0 Å². The number of hydrazine groups is 1. The van der Waals surface area contributed by atoms with Gasteiger partial charge in [-0.3, -0.25) is 15.6 Å². The Morgan fingerprint density at radius 1 is 1.29 bits per heavy atom. The van der Waals surface area contributed by atoms with E-state index in [9.17, 15) is 4.79 Å². The van der Waals surface area contributed by atoms with E-state index in [1.165, 1.54) is 0 Å². The van der Waals surface area contributed by atoms with E-state index in [0.717, 1.165) is 31.6 Å². The van der Waals surface area contributed by atoms with Gasteiger partial charge in [-0.15, -0.1) is 34.0 Å². The van der Waals surface area contributed by atoms with Crippen molar-refractivity contribution in [1.82, 2.24) is 16.2 Å². The maximum atomic E-state index is 11.9. The molecule has 1 aromatic carbocycles. The Morgan fingerprint density at radius 2 is 2.00 bits per heavy atom. The Hall–Kier alpha value is -0.470. The maximum Gasteiger partial charge on any atom is 0.251 e. The number of benzene rings is 1. The summed E-state index contributed by atoms with van der Waals surface area (Å²) in [5, 5.41) is 2.91. The van der Waals surface area contributed by atoms with Crippen LogP contribution in [-0.4, -0.2) is 32.2 Å². The Kier molecular flexibility index (Phi) is 10.9. The van der Waals surface area contributed by atoms with E-state index in [2.05, 4.69) is 16.2 Å². The maximum absolute atomic E-state index is 11.9. The third-order valence-electron chi connectivity index (χ3n) is 3.20. The lowest BCUT2D eigenvalue weighted by Crippen LogP contribution is -2.31. The largest absolute Gasteiger partial charge is 0.376 e. The summed E-state index contributed by atoms with van der Waals surface area (Å²) in [7, 11) is 1.83. The Balaban J connectivity index is 0.00000200. The highest BCUT2D eigenvalue weighted by molar-refractivity contribution is 8.93. The number of rotatable bonds is 6. The first-order chi connectivity index (χ1) is 9.29. The smallest absolute Gasteiger partial charge is 0.251 e. The number of hydrogen-bond donors (Lipinski definition) is 3. The van der Waals surface area contributed by atoms with E-state index < -0.39 is 0 Å². The summed E-state index contributed by atoms with van der Waals surface area (Å²) in [4.78, 5) is 11.9. The van der Waals surface area contributed by atoms with Crippen molar-refractivity contribution in [1.29, 1.82) is 0 Å².